The molecule has 1 N–H and O–H groups in total. The van der Waals surface area contributed by atoms with Crippen molar-refractivity contribution in [2.24, 2.45) is 0 Å². The lowest BCUT2D eigenvalue weighted by Gasteiger charge is -2.10. The van der Waals surface area contributed by atoms with Crippen molar-refractivity contribution >= 4 is 40.1 Å². The van der Waals surface area contributed by atoms with Gasteiger partial charge in [-0.25, -0.2) is 0 Å². The number of fused-ring (bicyclic) bond motifs is 3. The maximum absolute atomic E-state index is 12.4. The zero-order valence-electron chi connectivity index (χ0n) is 17.2. The van der Waals surface area contributed by atoms with Gasteiger partial charge in [0.2, 0.25) is 11.8 Å². The van der Waals surface area contributed by atoms with Gasteiger partial charge in [0.25, 0.3) is 0 Å². The normalized spacial score (nSPS) is 11.2. The van der Waals surface area contributed by atoms with Crippen LogP contribution in [0.4, 0.5) is 5.88 Å². The van der Waals surface area contributed by atoms with Gasteiger partial charge in [0.05, 0.1) is 5.52 Å². The molecule has 4 aromatic rings. The predicted molar refractivity (Wildman–Crippen MR) is 117 cm³/mol. The summed E-state index contributed by atoms with van der Waals surface area (Å²) in [5.74, 6) is 1.16. The van der Waals surface area contributed by atoms with Crippen molar-refractivity contribution in [1.29, 1.82) is 5.26 Å². The lowest BCUT2D eigenvalue weighted by Crippen LogP contribution is -2.12. The maximum Gasteiger partial charge on any atom is 0.227 e. The quantitative estimate of drug-likeness (QED) is 0.471. The third-order valence-corrected chi connectivity index (χ3v) is 6.13. The number of aryl methyl sites for hydroxylation is 3. The lowest BCUT2D eigenvalue weighted by atomic mass is 10.1. The number of pyridine rings is 1. The second-order valence-electron chi connectivity index (χ2n) is 7.22. The molecule has 3 aromatic heterocycles. The third-order valence-electron chi connectivity index (χ3n) is 5.20. The summed E-state index contributed by atoms with van der Waals surface area (Å²) >= 11 is 1.48. The number of benzene rings is 1. The molecule has 0 fully saturated rings. The monoisotopic (exact) mass is 419 g/mol. The number of carbonyl (C=O) groups is 1. The lowest BCUT2D eigenvalue weighted by molar-refractivity contribution is -0.115. The smallest absolute Gasteiger partial charge is 0.227 e. The highest BCUT2D eigenvalue weighted by molar-refractivity contribution is 7.99. The first kappa shape index (κ1) is 20.0. The van der Waals surface area contributed by atoms with E-state index in [9.17, 15) is 10.1 Å². The number of para-hydroxylation sites is 1. The van der Waals surface area contributed by atoms with Crippen LogP contribution in [0.25, 0.3) is 16.6 Å². The maximum atomic E-state index is 12.4. The fraction of sp³-hybridized carbons (Fsp3) is 0.273. The number of nitrogens with zero attached hydrogens (tertiary/aromatic N) is 4. The second-order valence-corrected chi connectivity index (χ2v) is 8.28. The molecular weight excluding hydrogens is 398 g/mol. The highest BCUT2D eigenvalue weighted by atomic mass is 32.2. The van der Waals surface area contributed by atoms with E-state index in [0.29, 0.717) is 17.1 Å². The van der Waals surface area contributed by atoms with Gasteiger partial charge in [-0.1, -0.05) is 30.0 Å². The van der Waals surface area contributed by atoms with Crippen LogP contribution >= 0.6 is 11.8 Å². The van der Waals surface area contributed by atoms with Crippen molar-refractivity contribution < 1.29 is 9.21 Å². The van der Waals surface area contributed by atoms with Crippen LogP contribution in [0.2, 0.25) is 0 Å². The molecule has 1 aromatic carbocycles. The Morgan fingerprint density at radius 3 is 2.80 bits per heavy atom. The minimum Gasteiger partial charge on any atom is -0.444 e. The van der Waals surface area contributed by atoms with Gasteiger partial charge in [0.15, 0.2) is 10.8 Å². The van der Waals surface area contributed by atoms with Gasteiger partial charge in [0.1, 0.15) is 17.4 Å². The first-order valence-corrected chi connectivity index (χ1v) is 10.6. The molecule has 152 valence electrons. The zero-order chi connectivity index (χ0) is 21.4. The van der Waals surface area contributed by atoms with E-state index in [2.05, 4.69) is 47.6 Å². The number of carbonyl (C=O) groups excluding carboxylic acids is 1. The first-order chi connectivity index (χ1) is 14.4. The Bertz CT molecular complexity index is 1330. The molecule has 30 heavy (non-hydrogen) atoms. The van der Waals surface area contributed by atoms with Crippen molar-refractivity contribution in [3.8, 4) is 6.07 Å². The summed E-state index contributed by atoms with van der Waals surface area (Å²) < 4.78 is 7.55. The van der Waals surface area contributed by atoms with Crippen molar-refractivity contribution in [2.75, 3.05) is 11.1 Å². The number of aromatic nitrogens is 3. The molecule has 0 aliphatic carbocycles. The van der Waals surface area contributed by atoms with E-state index in [1.165, 1.54) is 11.8 Å². The number of rotatable bonds is 5. The Balaban J connectivity index is 1.52. The number of thioether (sulfide) groups is 1. The minimum atomic E-state index is -0.210. The van der Waals surface area contributed by atoms with Crippen LogP contribution in [0, 0.1) is 39.0 Å². The van der Waals surface area contributed by atoms with Gasteiger partial charge in [-0.2, -0.15) is 5.26 Å². The molecule has 4 rings (SSSR count). The molecule has 0 unspecified atom stereocenters. The van der Waals surface area contributed by atoms with Crippen LogP contribution < -0.4 is 5.32 Å². The Morgan fingerprint density at radius 1 is 1.23 bits per heavy atom. The summed E-state index contributed by atoms with van der Waals surface area (Å²) in [6.07, 6.45) is 0.256. The molecule has 3 heterocycles. The number of furan rings is 1. The van der Waals surface area contributed by atoms with Crippen LogP contribution in [0.15, 0.2) is 33.8 Å². The number of nitrogens with one attached hydrogen (secondary N) is 1. The molecule has 1 amide bonds. The van der Waals surface area contributed by atoms with E-state index >= 15 is 0 Å². The SMILES string of the molecule is Cc1oc(NC(=O)CCSc2nnc3cc(C)c4cccc(C)c4n23)c(C#N)c1C. The van der Waals surface area contributed by atoms with E-state index in [1.807, 2.05) is 16.5 Å². The molecule has 0 radical (unpaired) electrons. The largest absolute Gasteiger partial charge is 0.444 e. The van der Waals surface area contributed by atoms with Crippen LogP contribution in [0.5, 0.6) is 0 Å². The Kier molecular flexibility index (Phi) is 5.22. The van der Waals surface area contributed by atoms with Crippen LogP contribution in [-0.2, 0) is 4.79 Å². The van der Waals surface area contributed by atoms with Gasteiger partial charge in [-0.3, -0.25) is 14.5 Å². The first-order valence-electron chi connectivity index (χ1n) is 9.57. The number of anilines is 1. The zero-order valence-corrected chi connectivity index (χ0v) is 18.1. The summed E-state index contributed by atoms with van der Waals surface area (Å²) in [5.41, 5.74) is 5.30. The topological polar surface area (TPSA) is 96.2 Å². The fourth-order valence-corrected chi connectivity index (χ4v) is 4.38. The van der Waals surface area contributed by atoms with E-state index in [-0.39, 0.29) is 18.2 Å². The summed E-state index contributed by atoms with van der Waals surface area (Å²) in [4.78, 5) is 12.4. The molecule has 0 aliphatic heterocycles. The van der Waals surface area contributed by atoms with E-state index in [1.54, 1.807) is 13.8 Å². The molecular formula is C22H21N5O2S. The predicted octanol–water partition coefficient (Wildman–Crippen LogP) is 4.70. The number of amides is 1. The van der Waals surface area contributed by atoms with Crippen molar-refractivity contribution in [1.82, 2.24) is 14.6 Å². The van der Waals surface area contributed by atoms with Crippen LogP contribution in [0.3, 0.4) is 0 Å². The standard InChI is InChI=1S/C22H21N5O2S/c1-12-6-5-7-16-13(2)10-18-25-26-22(27(18)20(12)16)30-9-8-19(28)24-21-17(11-23)14(3)15(4)29-21/h5-7,10H,8-9H2,1-4H3,(H,24,28). The molecule has 0 saturated carbocycles. The molecule has 0 aliphatic rings. The van der Waals surface area contributed by atoms with Crippen molar-refractivity contribution in [2.45, 2.75) is 39.3 Å². The Hall–Kier alpha value is -3.31. The average molecular weight is 420 g/mol. The Morgan fingerprint density at radius 2 is 2.03 bits per heavy atom. The summed E-state index contributed by atoms with van der Waals surface area (Å²) in [5, 5.41) is 22.5. The molecule has 0 bridgehead atoms. The fourth-order valence-electron chi connectivity index (χ4n) is 3.50. The molecule has 0 saturated heterocycles. The van der Waals surface area contributed by atoms with Gasteiger partial charge in [-0.15, -0.1) is 10.2 Å². The van der Waals surface area contributed by atoms with Crippen LogP contribution in [-0.4, -0.2) is 26.3 Å². The van der Waals surface area contributed by atoms with Crippen molar-refractivity contribution in [3.63, 3.8) is 0 Å². The number of hydrogen-bond acceptors (Lipinski definition) is 6. The molecule has 0 atom stereocenters. The van der Waals surface area contributed by atoms with Gasteiger partial charge in [-0.05, 0) is 44.9 Å². The summed E-state index contributed by atoms with van der Waals surface area (Å²) in [6, 6.07) is 10.3. The molecule has 0 spiro atoms. The van der Waals surface area contributed by atoms with Gasteiger partial charge in [0, 0.05) is 23.1 Å². The van der Waals surface area contributed by atoms with Crippen LogP contribution in [0.1, 0.15) is 34.4 Å². The summed E-state index contributed by atoms with van der Waals surface area (Å²) in [6.45, 7) is 7.71. The second kappa shape index (κ2) is 7.84. The van der Waals surface area contributed by atoms with E-state index in [4.69, 9.17) is 4.42 Å². The highest BCUT2D eigenvalue weighted by Gasteiger charge is 2.17. The van der Waals surface area contributed by atoms with Gasteiger partial charge >= 0.3 is 0 Å². The molecule has 7 nitrogen and oxygen atoms in total. The average Bonchev–Trinajstić information content (AvgIpc) is 3.22. The van der Waals surface area contributed by atoms with E-state index < -0.39 is 0 Å². The minimum absolute atomic E-state index is 0.210. The summed E-state index contributed by atoms with van der Waals surface area (Å²) in [7, 11) is 0. The highest BCUT2D eigenvalue weighted by Crippen LogP contribution is 2.29. The van der Waals surface area contributed by atoms with Gasteiger partial charge < -0.3 is 4.42 Å². The molecule has 8 heteroatoms. The Labute approximate surface area is 178 Å². The van der Waals surface area contributed by atoms with E-state index in [0.717, 1.165) is 38.4 Å². The number of hydrogen-bond donors (Lipinski definition) is 1. The number of nitriles is 1. The third kappa shape index (κ3) is 3.42. The van der Waals surface area contributed by atoms with Crippen molar-refractivity contribution in [3.05, 3.63) is 52.3 Å².